The Morgan fingerprint density at radius 2 is 1.38 bits per heavy atom. The van der Waals surface area contributed by atoms with Crippen LogP contribution in [-0.2, 0) is 33.2 Å². The van der Waals surface area contributed by atoms with Crippen molar-refractivity contribution in [3.8, 4) is 0 Å². The van der Waals surface area contributed by atoms with E-state index >= 15 is 0 Å². The van der Waals surface area contributed by atoms with Crippen LogP contribution in [0.2, 0.25) is 0 Å². The van der Waals surface area contributed by atoms with Crippen molar-refractivity contribution in [3.63, 3.8) is 0 Å². The van der Waals surface area contributed by atoms with Crippen LogP contribution < -0.4 is 0 Å². The lowest BCUT2D eigenvalue weighted by Crippen LogP contribution is -2.72. The molecule has 1 saturated heterocycles. The molecular formula is C30H59NO8. The molecule has 0 aromatic carbocycles. The summed E-state index contributed by atoms with van der Waals surface area (Å²) >= 11 is 0. The average molecular weight is 562 g/mol. The van der Waals surface area contributed by atoms with E-state index in [0.29, 0.717) is 25.4 Å². The second kappa shape index (κ2) is 20.8. The summed E-state index contributed by atoms with van der Waals surface area (Å²) in [5.41, 5.74) is -0.565. The van der Waals surface area contributed by atoms with Gasteiger partial charge in [-0.1, -0.05) is 65.2 Å². The van der Waals surface area contributed by atoms with Crippen LogP contribution in [0.5, 0.6) is 0 Å². The van der Waals surface area contributed by atoms with Gasteiger partial charge in [0.1, 0.15) is 32.1 Å². The number of rotatable bonds is 23. The highest BCUT2D eigenvalue weighted by Gasteiger charge is 2.52. The van der Waals surface area contributed by atoms with E-state index in [4.69, 9.17) is 33.2 Å². The molecule has 0 aromatic rings. The van der Waals surface area contributed by atoms with Crippen molar-refractivity contribution in [2.75, 3.05) is 48.3 Å². The third-order valence-electron chi connectivity index (χ3n) is 6.88. The van der Waals surface area contributed by atoms with Gasteiger partial charge in [-0.2, -0.15) is 0 Å². The average Bonchev–Trinajstić information content (AvgIpc) is 2.85. The second-order valence-electron chi connectivity index (χ2n) is 12.1. The fraction of sp³-hybridized carbons (Fsp3) is 0.967. The minimum absolute atomic E-state index is 0.0507. The first-order valence-corrected chi connectivity index (χ1v) is 14.9. The summed E-state index contributed by atoms with van der Waals surface area (Å²) in [6.07, 6.45) is 12.5. The molecule has 4 atom stereocenters. The number of ether oxygens (including phenoxy) is 7. The smallest absolute Gasteiger partial charge is 0.411 e. The van der Waals surface area contributed by atoms with Gasteiger partial charge < -0.3 is 33.2 Å². The van der Waals surface area contributed by atoms with Gasteiger partial charge in [-0.3, -0.25) is 4.90 Å². The van der Waals surface area contributed by atoms with Crippen LogP contribution in [0.1, 0.15) is 105 Å². The van der Waals surface area contributed by atoms with Gasteiger partial charge in [0.25, 0.3) is 0 Å². The molecule has 9 heteroatoms. The van der Waals surface area contributed by atoms with E-state index in [2.05, 4.69) is 13.8 Å². The van der Waals surface area contributed by atoms with Crippen molar-refractivity contribution in [1.82, 2.24) is 4.90 Å². The van der Waals surface area contributed by atoms with Gasteiger partial charge >= 0.3 is 6.09 Å². The number of likely N-dealkylation sites (tertiary alicyclic amines) is 1. The zero-order chi connectivity index (χ0) is 29.1. The number of methoxy groups -OCH3 is 3. The van der Waals surface area contributed by atoms with E-state index in [-0.39, 0.29) is 37.9 Å². The molecular weight excluding hydrogens is 502 g/mol. The molecule has 1 fully saturated rings. The fourth-order valence-corrected chi connectivity index (χ4v) is 5.15. The van der Waals surface area contributed by atoms with Crippen molar-refractivity contribution in [2.24, 2.45) is 5.92 Å². The van der Waals surface area contributed by atoms with Crippen LogP contribution in [-0.4, -0.2) is 89.2 Å². The minimum Gasteiger partial charge on any atom is -0.444 e. The second-order valence-corrected chi connectivity index (χ2v) is 12.1. The summed E-state index contributed by atoms with van der Waals surface area (Å²) in [7, 11) is 4.87. The maximum Gasteiger partial charge on any atom is 0.411 e. The molecule has 1 amide bonds. The number of hydrogen-bond acceptors (Lipinski definition) is 8. The summed E-state index contributed by atoms with van der Waals surface area (Å²) in [5.74, 6) is 0.639. The lowest BCUT2D eigenvalue weighted by molar-refractivity contribution is -0.201. The molecule has 39 heavy (non-hydrogen) atoms. The third kappa shape index (κ3) is 15.6. The number of hydrogen-bond donors (Lipinski definition) is 0. The highest BCUT2D eigenvalue weighted by atomic mass is 16.7. The third-order valence-corrected chi connectivity index (χ3v) is 6.88. The van der Waals surface area contributed by atoms with Gasteiger partial charge in [-0.25, -0.2) is 4.79 Å². The summed E-state index contributed by atoms with van der Waals surface area (Å²) in [4.78, 5) is 14.8. The maximum atomic E-state index is 13.0. The van der Waals surface area contributed by atoms with E-state index in [0.717, 1.165) is 32.1 Å². The van der Waals surface area contributed by atoms with E-state index in [1.165, 1.54) is 38.5 Å². The molecule has 0 saturated carbocycles. The SMILES string of the molecule is COCOC[C@H]1[C@H](OCOC)[C@H](CCCCCCCCCC[C@@H](CC(C)C)OCOC)N1C(=O)OC(C)(C)C. The number of nitrogens with zero attached hydrogens (tertiary/aromatic N) is 1. The lowest BCUT2D eigenvalue weighted by Gasteiger charge is -2.54. The van der Waals surface area contributed by atoms with Gasteiger partial charge in [-0.05, 0) is 46.0 Å². The molecule has 1 aliphatic rings. The summed E-state index contributed by atoms with van der Waals surface area (Å²) < 4.78 is 38.4. The normalized spacial score (nSPS) is 20.3. The van der Waals surface area contributed by atoms with E-state index in [9.17, 15) is 4.79 Å². The number of carbonyl (C=O) groups excluding carboxylic acids is 1. The Kier molecular flexibility index (Phi) is 19.3. The van der Waals surface area contributed by atoms with Crippen LogP contribution in [0.15, 0.2) is 0 Å². The van der Waals surface area contributed by atoms with Gasteiger partial charge in [-0.15, -0.1) is 0 Å². The summed E-state index contributed by atoms with van der Waals surface area (Å²) in [6.45, 7) is 11.2. The molecule has 0 unspecified atom stereocenters. The van der Waals surface area contributed by atoms with Crippen molar-refractivity contribution < 1.29 is 38.0 Å². The van der Waals surface area contributed by atoms with Gasteiger partial charge in [0.2, 0.25) is 0 Å². The van der Waals surface area contributed by atoms with Gasteiger partial charge in [0.15, 0.2) is 0 Å². The number of unbranched alkanes of at least 4 members (excludes halogenated alkanes) is 7. The molecule has 0 aromatic heterocycles. The Labute approximate surface area is 238 Å². The zero-order valence-electron chi connectivity index (χ0n) is 26.2. The predicted octanol–water partition coefficient (Wildman–Crippen LogP) is 6.52. The first-order valence-electron chi connectivity index (χ1n) is 14.9. The molecule has 1 rings (SSSR count). The molecule has 0 bridgehead atoms. The van der Waals surface area contributed by atoms with Crippen LogP contribution >= 0.6 is 0 Å². The zero-order valence-corrected chi connectivity index (χ0v) is 26.2. The molecule has 9 nitrogen and oxygen atoms in total. The Hall–Kier alpha value is -0.970. The van der Waals surface area contributed by atoms with Crippen molar-refractivity contribution >= 4 is 6.09 Å². The number of carbonyl (C=O) groups is 1. The Morgan fingerprint density at radius 1 is 0.795 bits per heavy atom. The molecule has 1 aliphatic heterocycles. The quantitative estimate of drug-likeness (QED) is 0.103. The fourth-order valence-electron chi connectivity index (χ4n) is 5.15. The molecule has 0 aliphatic carbocycles. The highest BCUT2D eigenvalue weighted by molar-refractivity contribution is 5.70. The van der Waals surface area contributed by atoms with Gasteiger partial charge in [0, 0.05) is 21.3 Å². The Bertz CT molecular complexity index is 612. The van der Waals surface area contributed by atoms with Crippen LogP contribution in [0.3, 0.4) is 0 Å². The Balaban J connectivity index is 2.40. The van der Waals surface area contributed by atoms with Gasteiger partial charge in [0.05, 0.1) is 24.8 Å². The van der Waals surface area contributed by atoms with E-state index in [1.54, 1.807) is 26.2 Å². The standard InChI is InChI=1S/C30H59NO8/c1-24(2)19-25(37-22-34-7)17-15-13-11-9-10-12-14-16-18-26-28(38-23-35-8)27(20-36-21-33-6)31(26)29(32)39-30(3,4)5/h24-28H,9-23H2,1-8H3/t25-,26-,27-,28+/m0/s1. The van der Waals surface area contributed by atoms with Crippen molar-refractivity contribution in [2.45, 2.75) is 135 Å². The number of amides is 1. The van der Waals surface area contributed by atoms with E-state index in [1.807, 2.05) is 20.8 Å². The predicted molar refractivity (Wildman–Crippen MR) is 153 cm³/mol. The van der Waals surface area contributed by atoms with Crippen LogP contribution in [0.25, 0.3) is 0 Å². The van der Waals surface area contributed by atoms with Crippen LogP contribution in [0, 0.1) is 5.92 Å². The first-order chi connectivity index (χ1) is 18.6. The topological polar surface area (TPSA) is 84.9 Å². The largest absolute Gasteiger partial charge is 0.444 e. The summed E-state index contributed by atoms with van der Waals surface area (Å²) in [5, 5.41) is 0. The molecule has 0 spiro atoms. The maximum absolute atomic E-state index is 13.0. The molecule has 0 radical (unpaired) electrons. The molecule has 1 heterocycles. The van der Waals surface area contributed by atoms with Crippen LogP contribution in [0.4, 0.5) is 4.79 Å². The minimum atomic E-state index is -0.565. The lowest BCUT2D eigenvalue weighted by atomic mass is 9.86. The summed E-state index contributed by atoms with van der Waals surface area (Å²) in [6, 6.07) is -0.277. The van der Waals surface area contributed by atoms with Crippen molar-refractivity contribution in [3.05, 3.63) is 0 Å². The molecule has 0 N–H and O–H groups in total. The first kappa shape index (κ1) is 36.1. The molecule has 232 valence electrons. The van der Waals surface area contributed by atoms with E-state index < -0.39 is 5.60 Å². The highest BCUT2D eigenvalue weighted by Crippen LogP contribution is 2.35. The van der Waals surface area contributed by atoms with Crippen molar-refractivity contribution in [1.29, 1.82) is 0 Å². The Morgan fingerprint density at radius 3 is 1.95 bits per heavy atom. The monoisotopic (exact) mass is 561 g/mol.